The molecule has 1 aliphatic rings. The summed E-state index contributed by atoms with van der Waals surface area (Å²) in [7, 11) is 0. The van der Waals surface area contributed by atoms with Gasteiger partial charge in [0, 0.05) is 19.6 Å². The maximum atomic E-state index is 5.49. The van der Waals surface area contributed by atoms with Gasteiger partial charge in [0.05, 0.1) is 6.54 Å². The lowest BCUT2D eigenvalue weighted by atomic mass is 10.1. The standard InChI is InChI=1S/C17H24N2/c1-3-11-19(13-15-9-10-15)14-17-8-6-5-7-16(17)12-18-4-2/h1,5-8,15,18H,4,9-14H2,2H3. The third-order valence-corrected chi connectivity index (χ3v) is 3.61. The van der Waals surface area contributed by atoms with Crippen LogP contribution >= 0.6 is 0 Å². The van der Waals surface area contributed by atoms with Gasteiger partial charge < -0.3 is 5.32 Å². The highest BCUT2D eigenvalue weighted by Gasteiger charge is 2.24. The molecule has 0 atom stereocenters. The van der Waals surface area contributed by atoms with Gasteiger partial charge in [-0.05, 0) is 36.4 Å². The number of nitrogens with zero attached hydrogens (tertiary/aromatic N) is 1. The summed E-state index contributed by atoms with van der Waals surface area (Å²) < 4.78 is 0. The maximum Gasteiger partial charge on any atom is 0.0601 e. The Morgan fingerprint density at radius 2 is 2.05 bits per heavy atom. The van der Waals surface area contributed by atoms with E-state index in [0.29, 0.717) is 0 Å². The Labute approximate surface area is 117 Å². The van der Waals surface area contributed by atoms with Gasteiger partial charge in [-0.25, -0.2) is 0 Å². The number of hydrogen-bond donors (Lipinski definition) is 1. The first-order chi connectivity index (χ1) is 9.33. The van der Waals surface area contributed by atoms with Crippen molar-refractivity contribution in [3.8, 4) is 12.3 Å². The maximum absolute atomic E-state index is 5.49. The van der Waals surface area contributed by atoms with Gasteiger partial charge in [0.15, 0.2) is 0 Å². The highest BCUT2D eigenvalue weighted by atomic mass is 15.1. The van der Waals surface area contributed by atoms with Gasteiger partial charge in [-0.2, -0.15) is 0 Å². The fourth-order valence-electron chi connectivity index (χ4n) is 2.36. The zero-order chi connectivity index (χ0) is 13.5. The Morgan fingerprint density at radius 3 is 2.68 bits per heavy atom. The van der Waals surface area contributed by atoms with Crippen LogP contribution < -0.4 is 5.32 Å². The normalized spacial score (nSPS) is 14.6. The van der Waals surface area contributed by atoms with E-state index >= 15 is 0 Å². The monoisotopic (exact) mass is 256 g/mol. The predicted octanol–water partition coefficient (Wildman–Crippen LogP) is 2.64. The molecule has 1 N–H and O–H groups in total. The third kappa shape index (κ3) is 4.70. The molecule has 0 amide bonds. The molecule has 0 aliphatic heterocycles. The molecule has 0 aromatic heterocycles. The first-order valence-corrected chi connectivity index (χ1v) is 7.26. The average Bonchev–Trinajstić information content (AvgIpc) is 3.22. The molecule has 2 nitrogen and oxygen atoms in total. The predicted molar refractivity (Wildman–Crippen MR) is 80.7 cm³/mol. The SMILES string of the molecule is C#CCN(Cc1ccccc1CNCC)CC1CC1. The minimum Gasteiger partial charge on any atom is -0.313 e. The summed E-state index contributed by atoms with van der Waals surface area (Å²) in [6.45, 7) is 6.97. The van der Waals surface area contributed by atoms with Gasteiger partial charge in [-0.3, -0.25) is 4.90 Å². The smallest absolute Gasteiger partial charge is 0.0601 e. The molecule has 0 radical (unpaired) electrons. The van der Waals surface area contributed by atoms with Crippen molar-refractivity contribution in [3.05, 3.63) is 35.4 Å². The summed E-state index contributed by atoms with van der Waals surface area (Å²) in [6.07, 6.45) is 8.24. The van der Waals surface area contributed by atoms with Crippen molar-refractivity contribution in [1.29, 1.82) is 0 Å². The number of benzene rings is 1. The fraction of sp³-hybridized carbons (Fsp3) is 0.529. The number of hydrogen-bond acceptors (Lipinski definition) is 2. The molecule has 2 rings (SSSR count). The Kier molecular flexibility index (Phi) is 5.44. The van der Waals surface area contributed by atoms with Crippen molar-refractivity contribution < 1.29 is 0 Å². The van der Waals surface area contributed by atoms with Crippen molar-refractivity contribution in [1.82, 2.24) is 10.2 Å². The molecule has 2 heteroatoms. The van der Waals surface area contributed by atoms with Gasteiger partial charge in [0.2, 0.25) is 0 Å². The van der Waals surface area contributed by atoms with E-state index in [1.54, 1.807) is 0 Å². The highest BCUT2D eigenvalue weighted by molar-refractivity contribution is 5.27. The topological polar surface area (TPSA) is 15.3 Å². The lowest BCUT2D eigenvalue weighted by Gasteiger charge is -2.21. The van der Waals surface area contributed by atoms with Crippen LogP contribution in [-0.2, 0) is 13.1 Å². The Bertz CT molecular complexity index is 429. The van der Waals surface area contributed by atoms with Crippen LogP contribution in [0.4, 0.5) is 0 Å². The van der Waals surface area contributed by atoms with Crippen LogP contribution in [0.1, 0.15) is 30.9 Å². The Balaban J connectivity index is 2.00. The summed E-state index contributed by atoms with van der Waals surface area (Å²) in [4.78, 5) is 2.41. The third-order valence-electron chi connectivity index (χ3n) is 3.61. The number of rotatable bonds is 8. The first kappa shape index (κ1) is 14.1. The summed E-state index contributed by atoms with van der Waals surface area (Å²) in [5.41, 5.74) is 2.79. The number of nitrogens with one attached hydrogen (secondary N) is 1. The fourth-order valence-corrected chi connectivity index (χ4v) is 2.36. The van der Waals surface area contributed by atoms with Gasteiger partial charge in [0.1, 0.15) is 0 Å². The summed E-state index contributed by atoms with van der Waals surface area (Å²) in [6, 6.07) is 8.67. The second-order valence-corrected chi connectivity index (χ2v) is 5.37. The molecule has 1 aromatic carbocycles. The van der Waals surface area contributed by atoms with Crippen LogP contribution in [-0.4, -0.2) is 24.5 Å². The lowest BCUT2D eigenvalue weighted by molar-refractivity contribution is 0.285. The van der Waals surface area contributed by atoms with E-state index in [1.165, 1.54) is 24.0 Å². The van der Waals surface area contributed by atoms with Crippen LogP contribution in [0, 0.1) is 18.3 Å². The van der Waals surface area contributed by atoms with Crippen LogP contribution in [0.3, 0.4) is 0 Å². The molecule has 0 unspecified atom stereocenters. The van der Waals surface area contributed by atoms with Crippen LogP contribution in [0.15, 0.2) is 24.3 Å². The first-order valence-electron chi connectivity index (χ1n) is 7.26. The van der Waals surface area contributed by atoms with E-state index in [0.717, 1.165) is 38.6 Å². The molecule has 0 heterocycles. The lowest BCUT2D eigenvalue weighted by Crippen LogP contribution is -2.27. The van der Waals surface area contributed by atoms with Crippen LogP contribution in [0.25, 0.3) is 0 Å². The molecular weight excluding hydrogens is 232 g/mol. The Morgan fingerprint density at radius 1 is 1.32 bits per heavy atom. The molecule has 102 valence electrons. The van der Waals surface area contributed by atoms with Crippen molar-refractivity contribution in [2.45, 2.75) is 32.9 Å². The summed E-state index contributed by atoms with van der Waals surface area (Å²) in [5.74, 6) is 3.68. The molecule has 0 bridgehead atoms. The van der Waals surface area contributed by atoms with Crippen molar-refractivity contribution in [2.24, 2.45) is 5.92 Å². The molecule has 1 saturated carbocycles. The molecule has 19 heavy (non-hydrogen) atoms. The molecule has 1 fully saturated rings. The van der Waals surface area contributed by atoms with E-state index < -0.39 is 0 Å². The average molecular weight is 256 g/mol. The zero-order valence-electron chi connectivity index (χ0n) is 11.9. The van der Waals surface area contributed by atoms with Gasteiger partial charge >= 0.3 is 0 Å². The number of terminal acetylenes is 1. The second-order valence-electron chi connectivity index (χ2n) is 5.37. The van der Waals surface area contributed by atoms with E-state index in [4.69, 9.17) is 6.42 Å². The van der Waals surface area contributed by atoms with Crippen molar-refractivity contribution in [2.75, 3.05) is 19.6 Å². The molecular formula is C17H24N2. The summed E-state index contributed by atoms with van der Waals surface area (Å²) >= 11 is 0. The van der Waals surface area contributed by atoms with Crippen molar-refractivity contribution in [3.63, 3.8) is 0 Å². The highest BCUT2D eigenvalue weighted by Crippen LogP contribution is 2.30. The zero-order valence-corrected chi connectivity index (χ0v) is 11.9. The largest absolute Gasteiger partial charge is 0.313 e. The van der Waals surface area contributed by atoms with Gasteiger partial charge in [-0.1, -0.05) is 37.1 Å². The minimum absolute atomic E-state index is 0.756. The van der Waals surface area contributed by atoms with Gasteiger partial charge in [0.25, 0.3) is 0 Å². The Hall–Kier alpha value is -1.30. The van der Waals surface area contributed by atoms with E-state index in [-0.39, 0.29) is 0 Å². The summed E-state index contributed by atoms with van der Waals surface area (Å²) in [5, 5.41) is 3.40. The van der Waals surface area contributed by atoms with E-state index in [2.05, 4.69) is 47.3 Å². The van der Waals surface area contributed by atoms with E-state index in [9.17, 15) is 0 Å². The van der Waals surface area contributed by atoms with E-state index in [1.807, 2.05) is 0 Å². The van der Waals surface area contributed by atoms with Crippen molar-refractivity contribution >= 4 is 0 Å². The molecule has 0 saturated heterocycles. The molecule has 1 aromatic rings. The molecule has 0 spiro atoms. The minimum atomic E-state index is 0.756. The van der Waals surface area contributed by atoms with Crippen LogP contribution in [0.5, 0.6) is 0 Å². The van der Waals surface area contributed by atoms with Gasteiger partial charge in [-0.15, -0.1) is 6.42 Å². The second kappa shape index (κ2) is 7.33. The molecule has 1 aliphatic carbocycles. The van der Waals surface area contributed by atoms with Crippen LogP contribution in [0.2, 0.25) is 0 Å². The quantitative estimate of drug-likeness (QED) is 0.719.